The van der Waals surface area contributed by atoms with Gasteiger partial charge in [0.15, 0.2) is 0 Å². The summed E-state index contributed by atoms with van der Waals surface area (Å²) in [6, 6.07) is 4.34. The molecule has 0 radical (unpaired) electrons. The Kier molecular flexibility index (Phi) is 20.2. The highest BCUT2D eigenvalue weighted by molar-refractivity contribution is 5.98. The lowest BCUT2D eigenvalue weighted by atomic mass is 9.88. The number of allylic oxidation sites excluding steroid dienone is 1. The molecule has 11 atom stereocenters. The van der Waals surface area contributed by atoms with Crippen LogP contribution in [0.15, 0.2) is 66.7 Å². The molecule has 5 rings (SSSR count). The number of nitrogens with two attached hydrogens (primary N) is 1. The lowest BCUT2D eigenvalue weighted by Gasteiger charge is -2.43. The predicted molar refractivity (Wildman–Crippen MR) is 260 cm³/mol. The SMILES string of the molecule is CCCC(=O)NC(CCC(N)=O)C(=O)NC1C(=O)NC(CC2C=CC(O)CC2)C(=O)NC2CCC(O)N(C2=O)C(Cc2ccccc2)C(=O)N(C)C(Cc2ccc(O)cc2)C(=O)NC(C(C)C)C(=O)OC1C. The molecule has 3 aliphatic rings. The van der Waals surface area contributed by atoms with E-state index in [1.165, 1.54) is 26.1 Å². The van der Waals surface area contributed by atoms with E-state index in [0.717, 1.165) is 9.80 Å². The summed E-state index contributed by atoms with van der Waals surface area (Å²) in [5.41, 5.74) is 6.50. The van der Waals surface area contributed by atoms with Gasteiger partial charge in [-0.25, -0.2) is 4.79 Å². The molecular formula is C51H70N8O13. The van der Waals surface area contributed by atoms with Crippen LogP contribution in [0.4, 0.5) is 0 Å². The number of carbonyl (C=O) groups is 9. The number of nitrogens with one attached hydrogen (secondary N) is 5. The zero-order valence-corrected chi connectivity index (χ0v) is 41.5. The van der Waals surface area contributed by atoms with E-state index in [1.807, 2.05) is 0 Å². The third-order valence-corrected chi connectivity index (χ3v) is 13.3. The van der Waals surface area contributed by atoms with Crippen molar-refractivity contribution in [2.75, 3.05) is 7.05 Å². The van der Waals surface area contributed by atoms with Crippen molar-refractivity contribution in [1.82, 2.24) is 36.4 Å². The zero-order valence-electron chi connectivity index (χ0n) is 41.5. The number of hydrogen-bond acceptors (Lipinski definition) is 13. The van der Waals surface area contributed by atoms with Crippen molar-refractivity contribution in [3.05, 3.63) is 77.9 Å². The van der Waals surface area contributed by atoms with Crippen molar-refractivity contribution in [3.8, 4) is 5.75 Å². The summed E-state index contributed by atoms with van der Waals surface area (Å²) in [5.74, 6) is -8.73. The first-order valence-corrected chi connectivity index (χ1v) is 24.6. The first kappa shape index (κ1) is 56.0. The van der Waals surface area contributed by atoms with E-state index < -0.39 is 120 Å². The first-order chi connectivity index (χ1) is 34.2. The van der Waals surface area contributed by atoms with Crippen LogP contribution in [-0.2, 0) is 60.7 Å². The van der Waals surface area contributed by atoms with Gasteiger partial charge in [-0.05, 0) is 87.0 Å². The van der Waals surface area contributed by atoms with Gasteiger partial charge in [0.2, 0.25) is 47.3 Å². The molecule has 11 unspecified atom stereocenters. The Balaban J connectivity index is 1.64. The summed E-state index contributed by atoms with van der Waals surface area (Å²) in [6.07, 6.45) is -0.479. The van der Waals surface area contributed by atoms with Gasteiger partial charge >= 0.3 is 5.97 Å². The fourth-order valence-corrected chi connectivity index (χ4v) is 9.09. The third-order valence-electron chi connectivity index (χ3n) is 13.3. The number of cyclic esters (lactones) is 1. The minimum atomic E-state index is -1.79. The largest absolute Gasteiger partial charge is 0.508 e. The van der Waals surface area contributed by atoms with Gasteiger partial charge in [0.05, 0.1) is 6.10 Å². The van der Waals surface area contributed by atoms with E-state index in [1.54, 1.807) is 75.4 Å². The Hall–Kier alpha value is -6.87. The van der Waals surface area contributed by atoms with E-state index >= 15 is 4.79 Å². The number of aliphatic hydroxyl groups is 2. The molecule has 8 amide bonds. The number of esters is 1. The smallest absolute Gasteiger partial charge is 0.329 e. The third kappa shape index (κ3) is 15.3. The second-order valence-electron chi connectivity index (χ2n) is 19.2. The maximum Gasteiger partial charge on any atom is 0.329 e. The number of benzene rings is 2. The van der Waals surface area contributed by atoms with Gasteiger partial charge in [-0.15, -0.1) is 0 Å². The van der Waals surface area contributed by atoms with Crippen LogP contribution in [0.25, 0.3) is 0 Å². The second-order valence-corrected chi connectivity index (χ2v) is 19.2. The molecule has 0 aromatic heterocycles. The Morgan fingerprint density at radius 3 is 2.10 bits per heavy atom. The number of aliphatic hydroxyl groups excluding tert-OH is 2. The maximum atomic E-state index is 15.1. The number of amides is 8. The van der Waals surface area contributed by atoms with Gasteiger partial charge < -0.3 is 62.2 Å². The minimum Gasteiger partial charge on any atom is -0.508 e. The van der Waals surface area contributed by atoms with E-state index in [9.17, 15) is 53.7 Å². The molecule has 72 heavy (non-hydrogen) atoms. The lowest BCUT2D eigenvalue weighted by Crippen LogP contribution is -2.65. The standard InChI is InChI=1S/C51H70N8O13/c1-6-10-41(63)53-35(21-23-40(52)62)45(65)57-44-29(4)72-51(71)43(28(2)3)56-47(67)38(26-32-15-19-34(61)20-16-32)58(5)50(70)39(27-30-11-8-7-9-12-30)59-42(64)24-22-36(49(59)69)54-46(66)37(55-48(44)68)25-31-13-17-33(60)18-14-31/h7-9,11-13,15-17,19-20,28-29,31,33,35-39,42-44,60-61,64H,6,10,14,18,21-27H2,1-5H3,(H2,52,62)(H,53,63)(H,54,66)(H,55,68)(H,56,67)(H,57,65). The molecule has 0 saturated carbocycles. The van der Waals surface area contributed by atoms with Crippen molar-refractivity contribution in [2.24, 2.45) is 17.6 Å². The molecule has 2 saturated heterocycles. The number of phenols is 1. The van der Waals surface area contributed by atoms with Gasteiger partial charge in [-0.3, -0.25) is 38.4 Å². The van der Waals surface area contributed by atoms with E-state index in [0.29, 0.717) is 30.4 Å². The summed E-state index contributed by atoms with van der Waals surface area (Å²) in [5, 5.41) is 45.1. The van der Waals surface area contributed by atoms with Crippen LogP contribution < -0.4 is 32.3 Å². The fourth-order valence-electron chi connectivity index (χ4n) is 9.09. The predicted octanol–water partition coefficient (Wildman–Crippen LogP) is 0.122. The van der Waals surface area contributed by atoms with Crippen molar-refractivity contribution in [2.45, 2.75) is 159 Å². The van der Waals surface area contributed by atoms with Crippen LogP contribution in [0, 0.1) is 11.8 Å². The van der Waals surface area contributed by atoms with Gasteiger partial charge in [-0.1, -0.05) is 75.4 Å². The Labute approximate surface area is 419 Å². The quantitative estimate of drug-likeness (QED) is 0.0848. The number of piperidine rings is 1. The molecule has 1 aliphatic carbocycles. The highest BCUT2D eigenvalue weighted by Crippen LogP contribution is 2.27. The van der Waals surface area contributed by atoms with E-state index in [2.05, 4.69) is 26.6 Å². The molecule has 10 N–H and O–H groups in total. The molecule has 392 valence electrons. The summed E-state index contributed by atoms with van der Waals surface area (Å²) >= 11 is 0. The summed E-state index contributed by atoms with van der Waals surface area (Å²) < 4.78 is 5.91. The normalized spacial score (nSPS) is 27.3. The maximum absolute atomic E-state index is 15.1. The molecule has 2 heterocycles. The number of rotatable bonds is 15. The molecule has 0 spiro atoms. The zero-order chi connectivity index (χ0) is 52.8. The summed E-state index contributed by atoms with van der Waals surface area (Å²) in [4.78, 5) is 129. The summed E-state index contributed by atoms with van der Waals surface area (Å²) in [6.45, 7) is 6.27. The molecule has 21 heteroatoms. The fraction of sp³-hybridized carbons (Fsp3) is 0.549. The van der Waals surface area contributed by atoms with E-state index in [-0.39, 0.29) is 63.0 Å². The molecular weight excluding hydrogens is 933 g/mol. The number of nitrogens with zero attached hydrogens (tertiary/aromatic N) is 2. The molecule has 2 aliphatic heterocycles. The van der Waals surface area contributed by atoms with Crippen molar-refractivity contribution in [3.63, 3.8) is 0 Å². The number of aromatic hydroxyl groups is 1. The number of carbonyl (C=O) groups excluding carboxylic acids is 9. The average molecular weight is 1000 g/mol. The van der Waals surface area contributed by atoms with Crippen LogP contribution in [0.1, 0.15) is 96.6 Å². The van der Waals surface area contributed by atoms with Gasteiger partial charge in [-0.2, -0.15) is 0 Å². The van der Waals surface area contributed by atoms with Crippen LogP contribution >= 0.6 is 0 Å². The summed E-state index contributed by atoms with van der Waals surface area (Å²) in [7, 11) is 1.35. The minimum absolute atomic E-state index is 0.0255. The molecule has 21 nitrogen and oxygen atoms in total. The molecule has 2 aromatic carbocycles. The Bertz CT molecular complexity index is 2300. The molecule has 2 bridgehead atoms. The number of likely N-dealkylation sites (N-methyl/N-ethyl adjacent to an activating group) is 1. The van der Waals surface area contributed by atoms with Gasteiger partial charge in [0.25, 0.3) is 0 Å². The van der Waals surface area contributed by atoms with Crippen molar-refractivity contribution >= 4 is 53.2 Å². The van der Waals surface area contributed by atoms with E-state index in [4.69, 9.17) is 10.5 Å². The number of phenolic OH excluding ortho intramolecular Hbond substituents is 1. The van der Waals surface area contributed by atoms with Crippen molar-refractivity contribution < 1.29 is 63.2 Å². The number of fused-ring (bicyclic) bond motifs is 2. The molecule has 2 aromatic rings. The number of hydrogen-bond donors (Lipinski definition) is 9. The van der Waals surface area contributed by atoms with Gasteiger partial charge in [0.1, 0.15) is 60.4 Å². The van der Waals surface area contributed by atoms with Crippen LogP contribution in [0.5, 0.6) is 5.75 Å². The second kappa shape index (κ2) is 26.0. The Morgan fingerprint density at radius 2 is 1.47 bits per heavy atom. The lowest BCUT2D eigenvalue weighted by molar-refractivity contribution is -0.165. The topological polar surface area (TPSA) is 316 Å². The van der Waals surface area contributed by atoms with Crippen LogP contribution in [0.2, 0.25) is 0 Å². The van der Waals surface area contributed by atoms with Gasteiger partial charge in [0, 0.05) is 32.7 Å². The number of ether oxygens (including phenoxy) is 1. The highest BCUT2D eigenvalue weighted by Gasteiger charge is 2.46. The van der Waals surface area contributed by atoms with Crippen molar-refractivity contribution in [1.29, 1.82) is 0 Å². The molecule has 2 fully saturated rings. The highest BCUT2D eigenvalue weighted by atomic mass is 16.5. The first-order valence-electron chi connectivity index (χ1n) is 24.6. The van der Waals surface area contributed by atoms with Crippen LogP contribution in [-0.4, -0.2) is 146 Å². The number of primary amides is 1. The Morgan fingerprint density at radius 1 is 0.806 bits per heavy atom. The van der Waals surface area contributed by atoms with Crippen LogP contribution in [0.3, 0.4) is 0 Å². The monoisotopic (exact) mass is 1000 g/mol. The average Bonchev–Trinajstić information content (AvgIpc) is 3.33.